The largest absolute Gasteiger partial charge is 0.481 e. The van der Waals surface area contributed by atoms with Crippen molar-refractivity contribution < 1.29 is 9.90 Å². The van der Waals surface area contributed by atoms with Crippen LogP contribution in [0, 0.1) is 0 Å². The average molecular weight is 208 g/mol. The van der Waals surface area contributed by atoms with E-state index in [9.17, 15) is 9.90 Å². The molecule has 1 aliphatic rings. The molecule has 0 saturated heterocycles. The number of hydrogen-bond acceptors (Lipinski definition) is 2. The molecule has 1 heterocycles. The number of carboxylic acid groups (broad SMARTS) is 1. The van der Waals surface area contributed by atoms with Gasteiger partial charge < -0.3 is 5.11 Å². The van der Waals surface area contributed by atoms with E-state index in [1.807, 2.05) is 7.05 Å². The van der Waals surface area contributed by atoms with Crippen molar-refractivity contribution in [1.29, 1.82) is 0 Å². The Morgan fingerprint density at radius 1 is 1.47 bits per heavy atom. The Bertz CT molecular complexity index is 418. The van der Waals surface area contributed by atoms with Crippen LogP contribution in [0.3, 0.4) is 0 Å². The van der Waals surface area contributed by atoms with Gasteiger partial charge in [0.05, 0.1) is 11.4 Å². The van der Waals surface area contributed by atoms with E-state index >= 15 is 0 Å². The van der Waals surface area contributed by atoms with Crippen molar-refractivity contribution in [2.45, 2.75) is 38.5 Å². The lowest BCUT2D eigenvalue weighted by Crippen LogP contribution is -2.32. The first-order chi connectivity index (χ1) is 6.94. The van der Waals surface area contributed by atoms with Gasteiger partial charge in [-0.15, -0.1) is 0 Å². The van der Waals surface area contributed by atoms with Crippen molar-refractivity contribution >= 4 is 5.97 Å². The second kappa shape index (κ2) is 3.08. The van der Waals surface area contributed by atoms with Gasteiger partial charge in [-0.3, -0.25) is 9.48 Å². The summed E-state index contributed by atoms with van der Waals surface area (Å²) >= 11 is 0. The maximum absolute atomic E-state index is 11.2. The van der Waals surface area contributed by atoms with Gasteiger partial charge in [0, 0.05) is 7.05 Å². The molecule has 2 rings (SSSR count). The predicted octanol–water partition coefficient (Wildman–Crippen LogP) is 1.27. The summed E-state index contributed by atoms with van der Waals surface area (Å²) in [6, 6.07) is 0. The van der Waals surface area contributed by atoms with Gasteiger partial charge in [0.25, 0.3) is 0 Å². The molecule has 0 amide bonds. The summed E-state index contributed by atoms with van der Waals surface area (Å²) < 4.78 is 1.73. The third-order valence-corrected chi connectivity index (χ3v) is 3.20. The number of carboxylic acids is 1. The molecule has 1 aromatic heterocycles. The molecule has 0 unspecified atom stereocenters. The number of rotatable bonds is 2. The van der Waals surface area contributed by atoms with E-state index in [-0.39, 0.29) is 0 Å². The molecule has 4 heteroatoms. The Labute approximate surface area is 88.9 Å². The molecular formula is C11H16N2O2. The Morgan fingerprint density at radius 2 is 2.13 bits per heavy atom. The molecule has 4 nitrogen and oxygen atoms in total. The third kappa shape index (κ3) is 1.35. The highest BCUT2D eigenvalue weighted by atomic mass is 16.4. The number of aliphatic carboxylic acids is 1. The third-order valence-electron chi connectivity index (χ3n) is 3.20. The van der Waals surface area contributed by atoms with Crippen LogP contribution in [0.1, 0.15) is 37.2 Å². The van der Waals surface area contributed by atoms with Crippen LogP contribution >= 0.6 is 0 Å². The molecule has 0 saturated carbocycles. The van der Waals surface area contributed by atoms with Gasteiger partial charge in [-0.25, -0.2) is 0 Å². The summed E-state index contributed by atoms with van der Waals surface area (Å²) in [5.41, 5.74) is 2.26. The van der Waals surface area contributed by atoms with Gasteiger partial charge in [0.15, 0.2) is 0 Å². The molecule has 1 aliphatic carbocycles. The zero-order valence-electron chi connectivity index (χ0n) is 9.37. The van der Waals surface area contributed by atoms with E-state index in [0.717, 1.165) is 36.2 Å². The number of fused-ring (bicyclic) bond motifs is 1. The summed E-state index contributed by atoms with van der Waals surface area (Å²) in [5, 5.41) is 13.6. The smallest absolute Gasteiger partial charge is 0.315 e. The summed E-state index contributed by atoms with van der Waals surface area (Å²) in [4.78, 5) is 11.2. The van der Waals surface area contributed by atoms with E-state index in [1.165, 1.54) is 0 Å². The fraction of sp³-hybridized carbons (Fsp3) is 0.636. The molecule has 0 spiro atoms. The van der Waals surface area contributed by atoms with Crippen LogP contribution in [0.5, 0.6) is 0 Å². The minimum Gasteiger partial charge on any atom is -0.481 e. The SMILES string of the molecule is Cn1nc2c(c1C(C)(C)C(=O)O)CCC2. The standard InChI is InChI=1S/C11H16N2O2/c1-11(2,10(14)15)9-7-5-4-6-8(7)12-13(9)3/h4-6H2,1-3H3,(H,14,15). The van der Waals surface area contributed by atoms with E-state index in [1.54, 1.807) is 18.5 Å². The normalized spacial score (nSPS) is 15.4. The fourth-order valence-electron chi connectivity index (χ4n) is 2.40. The van der Waals surface area contributed by atoms with E-state index in [2.05, 4.69) is 5.10 Å². The summed E-state index contributed by atoms with van der Waals surface area (Å²) in [5.74, 6) is -0.791. The van der Waals surface area contributed by atoms with Gasteiger partial charge in [0.1, 0.15) is 5.41 Å². The second-order valence-electron chi connectivity index (χ2n) is 4.68. The quantitative estimate of drug-likeness (QED) is 0.796. The van der Waals surface area contributed by atoms with Gasteiger partial charge in [-0.05, 0) is 38.7 Å². The van der Waals surface area contributed by atoms with Crippen molar-refractivity contribution in [3.63, 3.8) is 0 Å². The zero-order chi connectivity index (χ0) is 11.2. The molecular weight excluding hydrogens is 192 g/mol. The predicted molar refractivity (Wildman–Crippen MR) is 55.9 cm³/mol. The number of carbonyl (C=O) groups is 1. The zero-order valence-corrected chi connectivity index (χ0v) is 9.37. The van der Waals surface area contributed by atoms with Crippen molar-refractivity contribution in [2.24, 2.45) is 7.05 Å². The Balaban J connectivity index is 2.57. The van der Waals surface area contributed by atoms with Crippen LogP contribution in [0.4, 0.5) is 0 Å². The molecule has 0 radical (unpaired) electrons. The molecule has 1 N–H and O–H groups in total. The van der Waals surface area contributed by atoms with Crippen molar-refractivity contribution in [2.75, 3.05) is 0 Å². The van der Waals surface area contributed by atoms with Crippen LogP contribution in [-0.2, 0) is 30.1 Å². The number of aryl methyl sites for hydroxylation is 2. The first-order valence-electron chi connectivity index (χ1n) is 5.23. The van der Waals surface area contributed by atoms with Crippen molar-refractivity contribution in [1.82, 2.24) is 9.78 Å². The summed E-state index contributed by atoms with van der Waals surface area (Å²) in [6.07, 6.45) is 3.05. The number of hydrogen-bond donors (Lipinski definition) is 1. The molecule has 0 atom stereocenters. The average Bonchev–Trinajstić information content (AvgIpc) is 2.61. The van der Waals surface area contributed by atoms with Gasteiger partial charge in [-0.1, -0.05) is 0 Å². The van der Waals surface area contributed by atoms with Crippen LogP contribution in [0.15, 0.2) is 0 Å². The maximum atomic E-state index is 11.2. The van der Waals surface area contributed by atoms with Crippen LogP contribution in [0.2, 0.25) is 0 Å². The van der Waals surface area contributed by atoms with E-state index in [4.69, 9.17) is 0 Å². The highest BCUT2D eigenvalue weighted by molar-refractivity contribution is 5.80. The lowest BCUT2D eigenvalue weighted by atomic mass is 9.86. The molecule has 0 bridgehead atoms. The maximum Gasteiger partial charge on any atom is 0.315 e. The number of nitrogens with zero attached hydrogens (tertiary/aromatic N) is 2. The molecule has 0 aromatic carbocycles. The van der Waals surface area contributed by atoms with Gasteiger partial charge >= 0.3 is 5.97 Å². The van der Waals surface area contributed by atoms with Gasteiger partial charge in [0.2, 0.25) is 0 Å². The Hall–Kier alpha value is -1.32. The van der Waals surface area contributed by atoms with E-state index < -0.39 is 11.4 Å². The minimum absolute atomic E-state index is 0.791. The first kappa shape index (κ1) is 10.2. The molecule has 0 aliphatic heterocycles. The monoisotopic (exact) mass is 208 g/mol. The van der Waals surface area contributed by atoms with E-state index in [0.29, 0.717) is 0 Å². The second-order valence-corrected chi connectivity index (χ2v) is 4.68. The highest BCUT2D eigenvalue weighted by Crippen LogP contribution is 2.33. The highest BCUT2D eigenvalue weighted by Gasteiger charge is 2.37. The molecule has 15 heavy (non-hydrogen) atoms. The molecule has 1 aromatic rings. The van der Waals surface area contributed by atoms with Crippen LogP contribution in [0.25, 0.3) is 0 Å². The van der Waals surface area contributed by atoms with Crippen LogP contribution < -0.4 is 0 Å². The van der Waals surface area contributed by atoms with Crippen LogP contribution in [-0.4, -0.2) is 20.9 Å². The summed E-state index contributed by atoms with van der Waals surface area (Å²) in [6.45, 7) is 3.48. The molecule has 82 valence electrons. The minimum atomic E-state index is -0.848. The summed E-state index contributed by atoms with van der Waals surface area (Å²) in [7, 11) is 1.83. The lowest BCUT2D eigenvalue weighted by molar-refractivity contribution is -0.142. The number of aromatic nitrogens is 2. The Kier molecular flexibility index (Phi) is 2.10. The van der Waals surface area contributed by atoms with Crippen molar-refractivity contribution in [3.05, 3.63) is 17.0 Å². The first-order valence-corrected chi connectivity index (χ1v) is 5.23. The van der Waals surface area contributed by atoms with Gasteiger partial charge in [-0.2, -0.15) is 5.10 Å². The topological polar surface area (TPSA) is 55.1 Å². The fourth-order valence-corrected chi connectivity index (χ4v) is 2.40. The lowest BCUT2D eigenvalue weighted by Gasteiger charge is -2.21. The Morgan fingerprint density at radius 3 is 2.73 bits per heavy atom. The van der Waals surface area contributed by atoms with Crippen molar-refractivity contribution in [3.8, 4) is 0 Å². The molecule has 0 fully saturated rings.